The molecule has 1 aromatic rings. The Morgan fingerprint density at radius 3 is 2.55 bits per heavy atom. The topological polar surface area (TPSA) is 55.4 Å². The molecule has 20 heavy (non-hydrogen) atoms. The van der Waals surface area contributed by atoms with Crippen LogP contribution in [0.2, 0.25) is 5.02 Å². The fourth-order valence-electron chi connectivity index (χ4n) is 1.67. The van der Waals surface area contributed by atoms with Crippen LogP contribution in [0.15, 0.2) is 18.2 Å². The molecule has 1 atom stereocenters. The summed E-state index contributed by atoms with van der Waals surface area (Å²) in [5.74, 6) is -0.801. The van der Waals surface area contributed by atoms with Crippen LogP contribution in [-0.4, -0.2) is 24.3 Å². The van der Waals surface area contributed by atoms with Crippen LogP contribution >= 0.6 is 11.6 Å². The standard InChI is InChI=1S/C14H17ClFNO3/c1-8(2)14(9(3)18)17-13(19)7-20-10-4-5-12(16)11(15)6-10/h4-6,8,14H,7H2,1-3H3,(H,17,19). The molecule has 0 saturated carbocycles. The molecular formula is C14H17ClFNO3. The third-order valence-corrected chi connectivity index (χ3v) is 2.97. The van der Waals surface area contributed by atoms with Gasteiger partial charge in [-0.05, 0) is 25.0 Å². The molecule has 0 fully saturated rings. The first-order valence-corrected chi connectivity index (χ1v) is 6.56. The van der Waals surface area contributed by atoms with Crippen LogP contribution in [0.5, 0.6) is 5.75 Å². The van der Waals surface area contributed by atoms with Crippen molar-refractivity contribution in [3.63, 3.8) is 0 Å². The first kappa shape index (κ1) is 16.4. The number of Topliss-reactive ketones (excluding diaryl/α,β-unsaturated/α-hetero) is 1. The van der Waals surface area contributed by atoms with Crippen LogP contribution in [-0.2, 0) is 9.59 Å². The Bertz CT molecular complexity index is 505. The predicted molar refractivity (Wildman–Crippen MR) is 74.4 cm³/mol. The Morgan fingerprint density at radius 1 is 1.40 bits per heavy atom. The quantitative estimate of drug-likeness (QED) is 0.878. The van der Waals surface area contributed by atoms with Crippen LogP contribution in [0.1, 0.15) is 20.8 Å². The van der Waals surface area contributed by atoms with E-state index in [0.29, 0.717) is 0 Å². The number of ether oxygens (including phenoxy) is 1. The second kappa shape index (κ2) is 7.24. The molecule has 0 aliphatic heterocycles. The maximum atomic E-state index is 12.9. The minimum Gasteiger partial charge on any atom is -0.484 e. The summed E-state index contributed by atoms with van der Waals surface area (Å²) < 4.78 is 18.1. The van der Waals surface area contributed by atoms with Crippen LogP contribution < -0.4 is 10.1 Å². The van der Waals surface area contributed by atoms with E-state index in [1.807, 2.05) is 13.8 Å². The number of rotatable bonds is 6. The summed E-state index contributed by atoms with van der Waals surface area (Å²) in [7, 11) is 0. The largest absolute Gasteiger partial charge is 0.484 e. The van der Waals surface area contributed by atoms with Crippen molar-refractivity contribution >= 4 is 23.3 Å². The first-order valence-electron chi connectivity index (χ1n) is 6.19. The minimum atomic E-state index is -0.556. The number of hydrogen-bond donors (Lipinski definition) is 1. The van der Waals surface area contributed by atoms with E-state index in [4.69, 9.17) is 16.3 Å². The molecule has 0 aliphatic carbocycles. The average Bonchev–Trinajstić information content (AvgIpc) is 2.36. The molecule has 0 aromatic heterocycles. The normalized spacial score (nSPS) is 12.1. The molecule has 0 radical (unpaired) electrons. The Labute approximate surface area is 122 Å². The maximum Gasteiger partial charge on any atom is 0.258 e. The van der Waals surface area contributed by atoms with Gasteiger partial charge < -0.3 is 10.1 Å². The lowest BCUT2D eigenvalue weighted by molar-refractivity contribution is -0.129. The van der Waals surface area contributed by atoms with Gasteiger partial charge in [0.2, 0.25) is 0 Å². The summed E-state index contributed by atoms with van der Waals surface area (Å²) in [4.78, 5) is 23.1. The molecule has 4 nitrogen and oxygen atoms in total. The van der Waals surface area contributed by atoms with Crippen LogP contribution in [0.4, 0.5) is 4.39 Å². The van der Waals surface area contributed by atoms with Crippen molar-refractivity contribution in [2.45, 2.75) is 26.8 Å². The molecule has 110 valence electrons. The SMILES string of the molecule is CC(=O)C(NC(=O)COc1ccc(F)c(Cl)c1)C(C)C. The Morgan fingerprint density at radius 2 is 2.05 bits per heavy atom. The van der Waals surface area contributed by atoms with Crippen molar-refractivity contribution in [3.8, 4) is 5.75 Å². The van der Waals surface area contributed by atoms with Gasteiger partial charge in [0.1, 0.15) is 11.6 Å². The molecule has 6 heteroatoms. The number of halogens is 2. The van der Waals surface area contributed by atoms with Gasteiger partial charge >= 0.3 is 0 Å². The highest BCUT2D eigenvalue weighted by atomic mass is 35.5. The van der Waals surface area contributed by atoms with E-state index in [9.17, 15) is 14.0 Å². The van der Waals surface area contributed by atoms with Crippen molar-refractivity contribution in [3.05, 3.63) is 29.0 Å². The van der Waals surface area contributed by atoms with E-state index in [1.165, 1.54) is 19.1 Å². The fraction of sp³-hybridized carbons (Fsp3) is 0.429. The second-order valence-electron chi connectivity index (χ2n) is 4.76. The van der Waals surface area contributed by atoms with E-state index in [1.54, 1.807) is 0 Å². The van der Waals surface area contributed by atoms with Gasteiger partial charge in [-0.2, -0.15) is 0 Å². The van der Waals surface area contributed by atoms with Gasteiger partial charge in [-0.25, -0.2) is 4.39 Å². The molecule has 0 saturated heterocycles. The van der Waals surface area contributed by atoms with E-state index < -0.39 is 17.8 Å². The third-order valence-electron chi connectivity index (χ3n) is 2.68. The van der Waals surface area contributed by atoms with Gasteiger partial charge in [0.25, 0.3) is 5.91 Å². The molecule has 1 amide bonds. The van der Waals surface area contributed by atoms with Gasteiger partial charge in [0.15, 0.2) is 12.4 Å². The molecular weight excluding hydrogens is 285 g/mol. The van der Waals surface area contributed by atoms with Gasteiger partial charge in [0, 0.05) is 6.07 Å². The summed E-state index contributed by atoms with van der Waals surface area (Å²) in [6.07, 6.45) is 0. The number of nitrogens with one attached hydrogen (secondary N) is 1. The Hall–Kier alpha value is -1.62. The molecule has 1 N–H and O–H groups in total. The van der Waals surface area contributed by atoms with Gasteiger partial charge in [0.05, 0.1) is 11.1 Å². The van der Waals surface area contributed by atoms with E-state index >= 15 is 0 Å². The summed E-state index contributed by atoms with van der Waals surface area (Å²) in [6, 6.07) is 3.28. The third kappa shape index (κ3) is 4.81. The van der Waals surface area contributed by atoms with E-state index in [0.717, 1.165) is 6.07 Å². The van der Waals surface area contributed by atoms with Crippen molar-refractivity contribution in [1.82, 2.24) is 5.32 Å². The fourth-order valence-corrected chi connectivity index (χ4v) is 1.84. The molecule has 1 aromatic carbocycles. The second-order valence-corrected chi connectivity index (χ2v) is 5.17. The molecule has 0 aliphatic rings. The molecule has 1 unspecified atom stereocenters. The van der Waals surface area contributed by atoms with Gasteiger partial charge in [-0.1, -0.05) is 25.4 Å². The summed E-state index contributed by atoms with van der Waals surface area (Å²) in [5.41, 5.74) is 0. The molecule has 0 bridgehead atoms. The highest BCUT2D eigenvalue weighted by Gasteiger charge is 2.20. The number of carbonyl (C=O) groups is 2. The van der Waals surface area contributed by atoms with Crippen molar-refractivity contribution in [2.75, 3.05) is 6.61 Å². The van der Waals surface area contributed by atoms with Gasteiger partial charge in [-0.15, -0.1) is 0 Å². The lowest BCUT2D eigenvalue weighted by atomic mass is 10.0. The Kier molecular flexibility index (Phi) is 5.95. The van der Waals surface area contributed by atoms with Crippen LogP contribution in [0.25, 0.3) is 0 Å². The predicted octanol–water partition coefficient (Wildman–Crippen LogP) is 2.59. The monoisotopic (exact) mass is 301 g/mol. The zero-order chi connectivity index (χ0) is 15.3. The minimum absolute atomic E-state index is 0.00304. The number of ketones is 1. The highest BCUT2D eigenvalue weighted by Crippen LogP contribution is 2.20. The zero-order valence-corrected chi connectivity index (χ0v) is 12.3. The zero-order valence-electron chi connectivity index (χ0n) is 11.6. The molecule has 0 heterocycles. The van der Waals surface area contributed by atoms with Crippen molar-refractivity contribution in [2.24, 2.45) is 5.92 Å². The maximum absolute atomic E-state index is 12.9. The van der Waals surface area contributed by atoms with E-state index in [-0.39, 0.29) is 29.1 Å². The average molecular weight is 302 g/mol. The Balaban J connectivity index is 2.54. The van der Waals surface area contributed by atoms with Crippen molar-refractivity contribution < 1.29 is 18.7 Å². The molecule has 1 rings (SSSR count). The van der Waals surface area contributed by atoms with Crippen LogP contribution in [0, 0.1) is 11.7 Å². The van der Waals surface area contributed by atoms with Crippen molar-refractivity contribution in [1.29, 1.82) is 0 Å². The van der Waals surface area contributed by atoms with E-state index in [2.05, 4.69) is 5.32 Å². The summed E-state index contributed by atoms with van der Waals surface area (Å²) in [5, 5.41) is 2.51. The summed E-state index contributed by atoms with van der Waals surface area (Å²) >= 11 is 5.60. The number of carbonyl (C=O) groups excluding carboxylic acids is 2. The van der Waals surface area contributed by atoms with Crippen LogP contribution in [0.3, 0.4) is 0 Å². The highest BCUT2D eigenvalue weighted by molar-refractivity contribution is 6.30. The first-order chi connectivity index (χ1) is 9.31. The summed E-state index contributed by atoms with van der Waals surface area (Å²) in [6.45, 7) is 4.84. The smallest absolute Gasteiger partial charge is 0.258 e. The lowest BCUT2D eigenvalue weighted by Gasteiger charge is -2.19. The number of amides is 1. The van der Waals surface area contributed by atoms with Gasteiger partial charge in [-0.3, -0.25) is 9.59 Å². The molecule has 0 spiro atoms. The number of hydrogen-bond acceptors (Lipinski definition) is 3. The lowest BCUT2D eigenvalue weighted by Crippen LogP contribution is -2.45. The number of benzene rings is 1.